The van der Waals surface area contributed by atoms with E-state index in [4.69, 9.17) is 9.47 Å². The number of amides is 2. The Labute approximate surface area is 189 Å². The van der Waals surface area contributed by atoms with E-state index in [1.54, 1.807) is 14.2 Å². The van der Waals surface area contributed by atoms with Crippen molar-refractivity contribution in [1.29, 1.82) is 0 Å². The molecule has 0 heterocycles. The SMILES string of the molecule is COc1cccc(C2(NC(=O)CC(C)CC(=O)NC3(c4cccc(OC)c4)CC3)CC2)c1. The molecule has 4 rings (SSSR count). The quantitative estimate of drug-likeness (QED) is 0.590. The van der Waals surface area contributed by atoms with E-state index in [2.05, 4.69) is 10.6 Å². The van der Waals surface area contributed by atoms with E-state index >= 15 is 0 Å². The fourth-order valence-electron chi connectivity index (χ4n) is 4.40. The maximum atomic E-state index is 12.7. The molecule has 170 valence electrons. The van der Waals surface area contributed by atoms with E-state index in [9.17, 15) is 9.59 Å². The summed E-state index contributed by atoms with van der Waals surface area (Å²) in [6.07, 6.45) is 4.33. The lowest BCUT2D eigenvalue weighted by atomic mass is 9.99. The Morgan fingerprint density at radius 1 is 0.812 bits per heavy atom. The molecule has 6 heteroatoms. The van der Waals surface area contributed by atoms with Gasteiger partial charge in [-0.05, 0) is 67.0 Å². The molecule has 0 unspecified atom stereocenters. The van der Waals surface area contributed by atoms with Gasteiger partial charge in [0.1, 0.15) is 11.5 Å². The van der Waals surface area contributed by atoms with E-state index < -0.39 is 0 Å². The van der Waals surface area contributed by atoms with Crippen molar-refractivity contribution in [2.24, 2.45) is 5.92 Å². The Hall–Kier alpha value is -3.02. The first-order valence-corrected chi connectivity index (χ1v) is 11.3. The zero-order valence-corrected chi connectivity index (χ0v) is 19.1. The molecule has 0 radical (unpaired) electrons. The van der Waals surface area contributed by atoms with Crippen LogP contribution in [0.25, 0.3) is 0 Å². The molecule has 0 aromatic heterocycles. The summed E-state index contributed by atoms with van der Waals surface area (Å²) >= 11 is 0. The van der Waals surface area contributed by atoms with Gasteiger partial charge in [-0.25, -0.2) is 0 Å². The number of ether oxygens (including phenoxy) is 2. The van der Waals surface area contributed by atoms with Gasteiger partial charge in [0.15, 0.2) is 0 Å². The summed E-state index contributed by atoms with van der Waals surface area (Å²) in [5.41, 5.74) is 1.56. The van der Waals surface area contributed by atoms with Crippen LogP contribution >= 0.6 is 0 Å². The summed E-state index contributed by atoms with van der Waals surface area (Å²) in [4.78, 5) is 25.4. The second kappa shape index (κ2) is 8.85. The molecule has 6 nitrogen and oxygen atoms in total. The van der Waals surface area contributed by atoms with E-state index in [1.165, 1.54) is 0 Å². The minimum atomic E-state index is -0.294. The van der Waals surface area contributed by atoms with Crippen LogP contribution in [-0.4, -0.2) is 26.0 Å². The molecule has 2 N–H and O–H groups in total. The van der Waals surface area contributed by atoms with Crippen LogP contribution in [0.4, 0.5) is 0 Å². The van der Waals surface area contributed by atoms with E-state index in [1.807, 2.05) is 55.5 Å². The fourth-order valence-corrected chi connectivity index (χ4v) is 4.40. The molecular weight excluding hydrogens is 404 g/mol. The maximum Gasteiger partial charge on any atom is 0.220 e. The third-order valence-electron chi connectivity index (χ3n) is 6.57. The molecule has 2 aromatic rings. The monoisotopic (exact) mass is 436 g/mol. The number of methoxy groups -OCH3 is 2. The predicted octanol–water partition coefficient (Wildman–Crippen LogP) is 4.03. The molecule has 0 bridgehead atoms. The number of benzene rings is 2. The molecule has 0 saturated heterocycles. The van der Waals surface area contributed by atoms with Crippen LogP contribution in [-0.2, 0) is 20.7 Å². The van der Waals surface area contributed by atoms with Crippen molar-refractivity contribution in [3.63, 3.8) is 0 Å². The molecule has 2 amide bonds. The Morgan fingerprint density at radius 3 is 1.56 bits per heavy atom. The van der Waals surface area contributed by atoms with Gasteiger partial charge in [-0.15, -0.1) is 0 Å². The van der Waals surface area contributed by atoms with Crippen LogP contribution in [0.5, 0.6) is 11.5 Å². The van der Waals surface area contributed by atoms with Gasteiger partial charge < -0.3 is 20.1 Å². The third kappa shape index (κ3) is 4.90. The van der Waals surface area contributed by atoms with Gasteiger partial charge in [0.25, 0.3) is 0 Å². The number of hydrogen-bond acceptors (Lipinski definition) is 4. The zero-order chi connectivity index (χ0) is 22.8. The van der Waals surface area contributed by atoms with E-state index in [0.29, 0.717) is 12.8 Å². The van der Waals surface area contributed by atoms with Gasteiger partial charge in [-0.1, -0.05) is 31.2 Å². The molecule has 2 fully saturated rings. The second-order valence-electron chi connectivity index (χ2n) is 9.24. The number of carbonyl (C=O) groups is 2. The smallest absolute Gasteiger partial charge is 0.220 e. The highest BCUT2D eigenvalue weighted by Gasteiger charge is 2.47. The number of nitrogens with one attached hydrogen (secondary N) is 2. The van der Waals surface area contributed by atoms with Crippen molar-refractivity contribution in [3.05, 3.63) is 59.7 Å². The Morgan fingerprint density at radius 2 is 1.22 bits per heavy atom. The molecule has 32 heavy (non-hydrogen) atoms. The molecule has 2 aliphatic rings. The zero-order valence-electron chi connectivity index (χ0n) is 19.1. The summed E-state index contributed by atoms with van der Waals surface area (Å²) in [6.45, 7) is 1.95. The van der Waals surface area contributed by atoms with Gasteiger partial charge >= 0.3 is 0 Å². The summed E-state index contributed by atoms with van der Waals surface area (Å²) in [5.74, 6) is 1.51. The molecule has 2 saturated carbocycles. The van der Waals surface area contributed by atoms with Crippen LogP contribution in [0.15, 0.2) is 48.5 Å². The molecule has 2 aromatic carbocycles. The van der Waals surface area contributed by atoms with Gasteiger partial charge in [0, 0.05) is 12.8 Å². The second-order valence-corrected chi connectivity index (χ2v) is 9.24. The largest absolute Gasteiger partial charge is 0.497 e. The summed E-state index contributed by atoms with van der Waals surface area (Å²) in [5, 5.41) is 6.40. The number of carbonyl (C=O) groups excluding carboxylic acids is 2. The van der Waals surface area contributed by atoms with Crippen LogP contribution in [0.2, 0.25) is 0 Å². The first-order chi connectivity index (χ1) is 15.4. The summed E-state index contributed by atoms with van der Waals surface area (Å²) in [6, 6.07) is 15.7. The van der Waals surface area contributed by atoms with Gasteiger partial charge in [-0.2, -0.15) is 0 Å². The van der Waals surface area contributed by atoms with Crippen molar-refractivity contribution in [1.82, 2.24) is 10.6 Å². The molecular formula is C26H32N2O4. The standard InChI is InChI=1S/C26H32N2O4/c1-18(14-23(29)27-25(10-11-25)19-6-4-8-21(16-19)31-2)15-24(30)28-26(12-13-26)20-7-5-9-22(17-20)32-3/h4-9,16-18H,10-15H2,1-3H3,(H,27,29)(H,28,30). The maximum absolute atomic E-state index is 12.7. The van der Waals surface area contributed by atoms with Crippen molar-refractivity contribution in [2.75, 3.05) is 14.2 Å². The highest BCUT2D eigenvalue weighted by atomic mass is 16.5. The molecule has 0 spiro atoms. The van der Waals surface area contributed by atoms with E-state index in [-0.39, 0.29) is 28.8 Å². The Balaban J connectivity index is 1.29. The average Bonchev–Trinajstić information content (AvgIpc) is 3.71. The minimum Gasteiger partial charge on any atom is -0.497 e. The molecule has 0 aliphatic heterocycles. The van der Waals surface area contributed by atoms with Crippen molar-refractivity contribution < 1.29 is 19.1 Å². The fraction of sp³-hybridized carbons (Fsp3) is 0.462. The van der Waals surface area contributed by atoms with Gasteiger partial charge in [0.05, 0.1) is 25.3 Å². The van der Waals surface area contributed by atoms with Crippen molar-refractivity contribution in [2.45, 2.75) is 56.5 Å². The van der Waals surface area contributed by atoms with Crippen LogP contribution in [0.3, 0.4) is 0 Å². The normalized spacial score (nSPS) is 17.4. The highest BCUT2D eigenvalue weighted by molar-refractivity contribution is 5.81. The van der Waals surface area contributed by atoms with Crippen molar-refractivity contribution in [3.8, 4) is 11.5 Å². The first-order valence-electron chi connectivity index (χ1n) is 11.3. The Bertz CT molecular complexity index is 915. The first kappa shape index (κ1) is 22.2. The summed E-state index contributed by atoms with van der Waals surface area (Å²) in [7, 11) is 3.29. The van der Waals surface area contributed by atoms with Crippen LogP contribution in [0, 0.1) is 5.92 Å². The van der Waals surface area contributed by atoms with Gasteiger partial charge in [-0.3, -0.25) is 9.59 Å². The highest BCUT2D eigenvalue weighted by Crippen LogP contribution is 2.47. The topological polar surface area (TPSA) is 76.7 Å². The number of hydrogen-bond donors (Lipinski definition) is 2. The Kier molecular flexibility index (Phi) is 6.13. The lowest BCUT2D eigenvalue weighted by Gasteiger charge is -2.22. The average molecular weight is 437 g/mol. The van der Waals surface area contributed by atoms with E-state index in [0.717, 1.165) is 48.3 Å². The third-order valence-corrected chi connectivity index (χ3v) is 6.57. The molecule has 0 atom stereocenters. The summed E-state index contributed by atoms with van der Waals surface area (Å²) < 4.78 is 10.6. The van der Waals surface area contributed by atoms with Gasteiger partial charge in [0.2, 0.25) is 11.8 Å². The predicted molar refractivity (Wildman–Crippen MR) is 122 cm³/mol. The van der Waals surface area contributed by atoms with Crippen LogP contribution < -0.4 is 20.1 Å². The minimum absolute atomic E-state index is 0.0143. The molecule has 2 aliphatic carbocycles. The van der Waals surface area contributed by atoms with Crippen LogP contribution in [0.1, 0.15) is 56.6 Å². The number of rotatable bonds is 10. The lowest BCUT2D eigenvalue weighted by Crippen LogP contribution is -2.38. The lowest BCUT2D eigenvalue weighted by molar-refractivity contribution is -0.124. The van der Waals surface area contributed by atoms with Crippen molar-refractivity contribution >= 4 is 11.8 Å².